The summed E-state index contributed by atoms with van der Waals surface area (Å²) in [6.07, 6.45) is -1.20. The summed E-state index contributed by atoms with van der Waals surface area (Å²) in [4.78, 5) is 36.3. The van der Waals surface area contributed by atoms with E-state index in [0.717, 1.165) is 17.8 Å². The number of hydrogen-bond donors (Lipinski definition) is 2. The Morgan fingerprint density at radius 2 is 1.80 bits per heavy atom. The Bertz CT molecular complexity index is 961. The van der Waals surface area contributed by atoms with Gasteiger partial charge in [-0.15, -0.1) is 11.8 Å². The lowest BCUT2D eigenvalue weighted by Gasteiger charge is -2.14. The van der Waals surface area contributed by atoms with Gasteiger partial charge in [0.2, 0.25) is 5.91 Å². The molecule has 6 nitrogen and oxygen atoms in total. The van der Waals surface area contributed by atoms with E-state index in [4.69, 9.17) is 16.3 Å². The summed E-state index contributed by atoms with van der Waals surface area (Å²) in [5.41, 5.74) is -0.579. The van der Waals surface area contributed by atoms with E-state index in [-0.39, 0.29) is 5.75 Å². The van der Waals surface area contributed by atoms with E-state index in [1.807, 2.05) is 5.32 Å². The van der Waals surface area contributed by atoms with E-state index in [1.54, 1.807) is 24.3 Å². The second-order valence-electron chi connectivity index (χ2n) is 5.84. The van der Waals surface area contributed by atoms with Crippen molar-refractivity contribution in [1.82, 2.24) is 5.32 Å². The van der Waals surface area contributed by atoms with Crippen LogP contribution < -0.4 is 10.6 Å². The molecule has 0 saturated carbocycles. The molecule has 2 aromatic rings. The van der Waals surface area contributed by atoms with E-state index >= 15 is 0 Å². The topological polar surface area (TPSA) is 84.5 Å². The number of ether oxygens (including phenoxy) is 1. The molecule has 0 bridgehead atoms. The average molecular weight is 461 g/mol. The van der Waals surface area contributed by atoms with Gasteiger partial charge in [-0.05, 0) is 31.2 Å². The first kappa shape index (κ1) is 23.6. The van der Waals surface area contributed by atoms with Gasteiger partial charge < -0.3 is 15.4 Å². The molecule has 30 heavy (non-hydrogen) atoms. The Hall–Kier alpha value is -2.72. The van der Waals surface area contributed by atoms with Gasteiger partial charge >= 0.3 is 5.97 Å². The lowest BCUT2D eigenvalue weighted by atomic mass is 10.2. The van der Waals surface area contributed by atoms with Crippen molar-refractivity contribution in [3.05, 3.63) is 58.9 Å². The summed E-state index contributed by atoms with van der Waals surface area (Å²) in [6, 6.07) is 8.39. The van der Waals surface area contributed by atoms with E-state index in [0.29, 0.717) is 16.0 Å². The zero-order valence-corrected chi connectivity index (χ0v) is 17.1. The third-order valence-electron chi connectivity index (χ3n) is 3.59. The van der Waals surface area contributed by atoms with Gasteiger partial charge in [-0.3, -0.25) is 14.4 Å². The van der Waals surface area contributed by atoms with Gasteiger partial charge in [-0.1, -0.05) is 23.7 Å². The Morgan fingerprint density at radius 3 is 2.50 bits per heavy atom. The molecule has 0 spiro atoms. The lowest BCUT2D eigenvalue weighted by molar-refractivity contribution is -0.152. The standard InChI is InChI=1S/C19H16ClF3N2O4S/c1-10(29-16(27)9-30-14-5-3-2-4-11(14)20)19(28)24-8-15(26)25-13-7-6-12(21)17(22)18(13)23/h2-7,10H,8-9H2,1H3,(H,24,28)(H,25,26). The number of nitrogens with one attached hydrogen (secondary N) is 2. The number of rotatable bonds is 8. The second-order valence-corrected chi connectivity index (χ2v) is 7.26. The minimum absolute atomic E-state index is 0.0861. The summed E-state index contributed by atoms with van der Waals surface area (Å²) in [5.74, 6) is -7.11. The fourth-order valence-electron chi connectivity index (χ4n) is 2.11. The first-order chi connectivity index (χ1) is 14.2. The Balaban J connectivity index is 1.77. The van der Waals surface area contributed by atoms with Crippen LogP contribution in [0, 0.1) is 17.5 Å². The highest BCUT2D eigenvalue weighted by molar-refractivity contribution is 8.00. The molecule has 0 aliphatic rings. The van der Waals surface area contributed by atoms with E-state index in [9.17, 15) is 27.6 Å². The van der Waals surface area contributed by atoms with Crippen molar-refractivity contribution in [3.8, 4) is 0 Å². The van der Waals surface area contributed by atoms with Gasteiger partial charge in [0.1, 0.15) is 0 Å². The van der Waals surface area contributed by atoms with E-state index in [1.165, 1.54) is 6.92 Å². The van der Waals surface area contributed by atoms with Gasteiger partial charge in [0.05, 0.1) is 23.0 Å². The normalized spacial score (nSPS) is 11.5. The van der Waals surface area contributed by atoms with Crippen molar-refractivity contribution in [2.24, 2.45) is 0 Å². The number of amides is 2. The summed E-state index contributed by atoms with van der Waals surface area (Å²) in [7, 11) is 0. The maximum atomic E-state index is 13.5. The SMILES string of the molecule is CC(OC(=O)CSc1ccccc1Cl)C(=O)NCC(=O)Nc1ccc(F)c(F)c1F. The molecule has 2 N–H and O–H groups in total. The first-order valence-corrected chi connectivity index (χ1v) is 9.83. The number of anilines is 1. The molecule has 1 atom stereocenters. The van der Waals surface area contributed by atoms with Gasteiger partial charge in [-0.25, -0.2) is 13.2 Å². The van der Waals surface area contributed by atoms with Crippen LogP contribution in [0.2, 0.25) is 5.02 Å². The molecule has 0 aliphatic heterocycles. The molecule has 0 radical (unpaired) electrons. The van der Waals surface area contributed by atoms with Crippen molar-refractivity contribution in [1.29, 1.82) is 0 Å². The Labute approximate surface area is 179 Å². The molecule has 160 valence electrons. The van der Waals surface area contributed by atoms with Crippen LogP contribution in [-0.4, -0.2) is 36.2 Å². The highest BCUT2D eigenvalue weighted by Crippen LogP contribution is 2.26. The highest BCUT2D eigenvalue weighted by atomic mass is 35.5. The van der Waals surface area contributed by atoms with Crippen LogP contribution in [0.5, 0.6) is 0 Å². The van der Waals surface area contributed by atoms with Crippen LogP contribution in [0.4, 0.5) is 18.9 Å². The zero-order valence-electron chi connectivity index (χ0n) is 15.5. The molecule has 0 heterocycles. The predicted molar refractivity (Wildman–Crippen MR) is 106 cm³/mol. The van der Waals surface area contributed by atoms with E-state index < -0.39 is 53.6 Å². The molecule has 2 amide bonds. The first-order valence-electron chi connectivity index (χ1n) is 8.47. The number of carbonyl (C=O) groups is 3. The molecule has 11 heteroatoms. The second kappa shape index (κ2) is 10.9. The Kier molecular flexibility index (Phi) is 8.55. The molecule has 0 aromatic heterocycles. The van der Waals surface area contributed by atoms with Gasteiger partial charge in [0.15, 0.2) is 23.6 Å². The molecular weight excluding hydrogens is 445 g/mol. The summed E-state index contributed by atoms with van der Waals surface area (Å²) < 4.78 is 44.5. The van der Waals surface area contributed by atoms with Crippen molar-refractivity contribution < 1.29 is 32.3 Å². The maximum Gasteiger partial charge on any atom is 0.317 e. The molecule has 0 saturated heterocycles. The fraction of sp³-hybridized carbons (Fsp3) is 0.211. The number of carbonyl (C=O) groups excluding carboxylic acids is 3. The maximum absolute atomic E-state index is 13.5. The van der Waals surface area contributed by atoms with Gasteiger partial charge in [-0.2, -0.15) is 0 Å². The van der Waals surface area contributed by atoms with Crippen LogP contribution in [-0.2, 0) is 19.1 Å². The Morgan fingerprint density at radius 1 is 1.10 bits per heavy atom. The van der Waals surface area contributed by atoms with Crippen LogP contribution in [0.1, 0.15) is 6.92 Å². The summed E-state index contributed by atoms with van der Waals surface area (Å²) in [5, 5.41) is 4.66. The van der Waals surface area contributed by atoms with Crippen LogP contribution >= 0.6 is 23.4 Å². The van der Waals surface area contributed by atoms with Crippen molar-refractivity contribution >= 4 is 46.8 Å². The van der Waals surface area contributed by atoms with E-state index in [2.05, 4.69) is 5.32 Å². The number of hydrogen-bond acceptors (Lipinski definition) is 5. The van der Waals surface area contributed by atoms with Crippen LogP contribution in [0.3, 0.4) is 0 Å². The van der Waals surface area contributed by atoms with Crippen molar-refractivity contribution in [2.45, 2.75) is 17.9 Å². The molecule has 2 rings (SSSR count). The third-order valence-corrected chi connectivity index (χ3v) is 5.08. The lowest BCUT2D eigenvalue weighted by Crippen LogP contribution is -2.40. The number of benzene rings is 2. The van der Waals surface area contributed by atoms with Crippen molar-refractivity contribution in [3.63, 3.8) is 0 Å². The number of esters is 1. The smallest absolute Gasteiger partial charge is 0.317 e. The summed E-state index contributed by atoms with van der Waals surface area (Å²) >= 11 is 7.12. The van der Waals surface area contributed by atoms with Crippen LogP contribution in [0.25, 0.3) is 0 Å². The molecule has 0 fully saturated rings. The molecular formula is C19H16ClF3N2O4S. The number of thioether (sulfide) groups is 1. The van der Waals surface area contributed by atoms with Gasteiger partial charge in [0.25, 0.3) is 5.91 Å². The van der Waals surface area contributed by atoms with Crippen LogP contribution in [0.15, 0.2) is 41.3 Å². The molecule has 0 aliphatic carbocycles. The minimum atomic E-state index is -1.73. The van der Waals surface area contributed by atoms with Gasteiger partial charge in [0, 0.05) is 4.90 Å². The quantitative estimate of drug-likeness (QED) is 0.357. The predicted octanol–water partition coefficient (Wildman–Crippen LogP) is 3.54. The zero-order chi connectivity index (χ0) is 22.3. The third kappa shape index (κ3) is 6.67. The fourth-order valence-corrected chi connectivity index (χ4v) is 3.13. The average Bonchev–Trinajstić information content (AvgIpc) is 2.71. The molecule has 1 unspecified atom stereocenters. The number of halogens is 4. The monoisotopic (exact) mass is 460 g/mol. The summed E-state index contributed by atoms with van der Waals surface area (Å²) in [6.45, 7) is 0.702. The van der Waals surface area contributed by atoms with Crippen molar-refractivity contribution in [2.75, 3.05) is 17.6 Å². The minimum Gasteiger partial charge on any atom is -0.452 e. The largest absolute Gasteiger partial charge is 0.452 e. The molecule has 2 aromatic carbocycles. The highest BCUT2D eigenvalue weighted by Gasteiger charge is 2.20.